The van der Waals surface area contributed by atoms with Gasteiger partial charge in [-0.25, -0.2) is 4.79 Å². The molecule has 0 aliphatic carbocycles. The summed E-state index contributed by atoms with van der Waals surface area (Å²) in [4.78, 5) is 17.5. The molecule has 154 valence electrons. The Morgan fingerprint density at radius 1 is 1.03 bits per heavy atom. The molecule has 1 aliphatic rings. The van der Waals surface area contributed by atoms with Gasteiger partial charge in [0, 0.05) is 18.9 Å². The van der Waals surface area contributed by atoms with E-state index in [0.717, 1.165) is 27.8 Å². The maximum Gasteiger partial charge on any atom is 0.407 e. The smallest absolute Gasteiger partial charge is 0.407 e. The topological polar surface area (TPSA) is 71.9 Å². The molecule has 6 heteroatoms. The average Bonchev–Trinajstić information content (AvgIpc) is 2.79. The highest BCUT2D eigenvalue weighted by Gasteiger charge is 2.32. The number of amides is 1. The second-order valence-electron chi connectivity index (χ2n) is 7.28. The van der Waals surface area contributed by atoms with Gasteiger partial charge in [-0.3, -0.25) is 4.98 Å². The fraction of sp³-hybridized carbons (Fsp3) is 0.250. The number of methoxy groups -OCH3 is 2. The molecule has 0 saturated carbocycles. The molecule has 0 saturated heterocycles. The summed E-state index contributed by atoms with van der Waals surface area (Å²) in [6.45, 7) is 0.456. The Balaban J connectivity index is 1.67. The Morgan fingerprint density at radius 3 is 2.30 bits per heavy atom. The molecular weight excluding hydrogens is 380 g/mol. The molecule has 0 spiro atoms. The van der Waals surface area contributed by atoms with E-state index in [4.69, 9.17) is 9.47 Å². The number of aromatic nitrogens is 1. The van der Waals surface area contributed by atoms with Crippen molar-refractivity contribution in [3.8, 4) is 22.6 Å². The van der Waals surface area contributed by atoms with Crippen molar-refractivity contribution in [3.63, 3.8) is 0 Å². The SMILES string of the molecule is COc1cc2c(cc1OC)C(Cc1ccc(-c3ccncc3)cc1)N(C(=O)O)CC2. The molecule has 1 aliphatic heterocycles. The second-order valence-corrected chi connectivity index (χ2v) is 7.28. The number of fused-ring (bicyclic) bond motifs is 1. The van der Waals surface area contributed by atoms with Gasteiger partial charge in [0.25, 0.3) is 0 Å². The number of nitrogens with zero attached hydrogens (tertiary/aromatic N) is 2. The van der Waals surface area contributed by atoms with Crippen LogP contribution in [0.25, 0.3) is 11.1 Å². The normalized spacial score (nSPS) is 15.4. The van der Waals surface area contributed by atoms with E-state index in [1.54, 1.807) is 26.6 Å². The first-order chi connectivity index (χ1) is 14.6. The Morgan fingerprint density at radius 2 is 1.67 bits per heavy atom. The Kier molecular flexibility index (Phi) is 5.57. The van der Waals surface area contributed by atoms with Crippen LogP contribution in [-0.2, 0) is 12.8 Å². The third kappa shape index (κ3) is 3.81. The highest BCUT2D eigenvalue weighted by molar-refractivity contribution is 5.67. The Hall–Kier alpha value is -3.54. The molecular formula is C24H24N2O4. The van der Waals surface area contributed by atoms with E-state index in [2.05, 4.69) is 29.2 Å². The van der Waals surface area contributed by atoms with Crippen LogP contribution in [0.3, 0.4) is 0 Å². The van der Waals surface area contributed by atoms with Crippen LogP contribution in [0.1, 0.15) is 22.7 Å². The van der Waals surface area contributed by atoms with Gasteiger partial charge in [-0.2, -0.15) is 0 Å². The quantitative estimate of drug-likeness (QED) is 0.674. The van der Waals surface area contributed by atoms with E-state index in [1.807, 2.05) is 24.3 Å². The molecule has 4 rings (SSSR count). The molecule has 1 N–H and O–H groups in total. The third-order valence-electron chi connectivity index (χ3n) is 5.64. The lowest BCUT2D eigenvalue weighted by atomic mass is 9.88. The number of ether oxygens (including phenoxy) is 2. The summed E-state index contributed by atoms with van der Waals surface area (Å²) in [5, 5.41) is 9.80. The minimum absolute atomic E-state index is 0.280. The van der Waals surface area contributed by atoms with Gasteiger partial charge >= 0.3 is 6.09 Å². The highest BCUT2D eigenvalue weighted by Crippen LogP contribution is 2.39. The van der Waals surface area contributed by atoms with Gasteiger partial charge in [0.05, 0.1) is 20.3 Å². The summed E-state index contributed by atoms with van der Waals surface area (Å²) < 4.78 is 10.9. The third-order valence-corrected chi connectivity index (χ3v) is 5.64. The maximum atomic E-state index is 11.9. The number of carboxylic acid groups (broad SMARTS) is 1. The van der Waals surface area contributed by atoms with Crippen LogP contribution in [0.5, 0.6) is 11.5 Å². The summed E-state index contributed by atoms with van der Waals surface area (Å²) in [6, 6.07) is 15.8. The van der Waals surface area contributed by atoms with Gasteiger partial charge < -0.3 is 19.5 Å². The summed E-state index contributed by atoms with van der Waals surface area (Å²) in [5.41, 5.74) is 5.35. The predicted octanol–water partition coefficient (Wildman–Crippen LogP) is 4.59. The molecule has 1 atom stereocenters. The minimum atomic E-state index is -0.908. The van der Waals surface area contributed by atoms with Gasteiger partial charge in [0.2, 0.25) is 0 Å². The van der Waals surface area contributed by atoms with Gasteiger partial charge in [0.1, 0.15) is 0 Å². The van der Waals surface area contributed by atoms with E-state index in [0.29, 0.717) is 30.9 Å². The molecule has 30 heavy (non-hydrogen) atoms. The van der Waals surface area contributed by atoms with Gasteiger partial charge in [-0.1, -0.05) is 24.3 Å². The number of rotatable bonds is 5. The van der Waals surface area contributed by atoms with Crippen LogP contribution < -0.4 is 9.47 Å². The van der Waals surface area contributed by atoms with Crippen LogP contribution in [0.4, 0.5) is 4.79 Å². The monoisotopic (exact) mass is 404 g/mol. The molecule has 3 aromatic rings. The van der Waals surface area contributed by atoms with Crippen molar-refractivity contribution in [1.82, 2.24) is 9.88 Å². The van der Waals surface area contributed by atoms with Gasteiger partial charge in [-0.15, -0.1) is 0 Å². The molecule has 6 nitrogen and oxygen atoms in total. The Labute approximate surface area is 175 Å². The molecule has 2 aromatic carbocycles. The van der Waals surface area contributed by atoms with Crippen LogP contribution in [0.15, 0.2) is 60.9 Å². The summed E-state index contributed by atoms with van der Waals surface area (Å²) in [7, 11) is 3.20. The fourth-order valence-electron chi connectivity index (χ4n) is 4.08. The van der Waals surface area contributed by atoms with Crippen LogP contribution in [0, 0.1) is 0 Å². The zero-order chi connectivity index (χ0) is 21.1. The summed E-state index contributed by atoms with van der Waals surface area (Å²) in [6.07, 6.45) is 3.88. The summed E-state index contributed by atoms with van der Waals surface area (Å²) in [5.74, 6) is 1.28. The van der Waals surface area contributed by atoms with Gasteiger partial charge in [0.15, 0.2) is 11.5 Å². The van der Waals surface area contributed by atoms with E-state index in [1.165, 1.54) is 4.90 Å². The zero-order valence-electron chi connectivity index (χ0n) is 17.0. The molecule has 1 unspecified atom stereocenters. The van der Waals surface area contributed by atoms with Crippen LogP contribution in [-0.4, -0.2) is 41.8 Å². The second kappa shape index (κ2) is 8.45. The first kappa shape index (κ1) is 19.8. The maximum absolute atomic E-state index is 11.9. The lowest BCUT2D eigenvalue weighted by Crippen LogP contribution is -2.40. The van der Waals surface area contributed by atoms with E-state index in [-0.39, 0.29) is 6.04 Å². The number of benzene rings is 2. The van der Waals surface area contributed by atoms with Crippen molar-refractivity contribution in [1.29, 1.82) is 0 Å². The standard InChI is InChI=1S/C24H24N2O4/c1-29-22-14-19-9-12-26(24(27)28)21(20(19)15-23(22)30-2)13-16-3-5-17(6-4-16)18-7-10-25-11-8-18/h3-8,10-11,14-15,21H,9,12-13H2,1-2H3,(H,27,28). The Bertz CT molecular complexity index is 1040. The zero-order valence-corrected chi connectivity index (χ0v) is 17.0. The van der Waals surface area contributed by atoms with Crippen LogP contribution >= 0.6 is 0 Å². The average molecular weight is 404 g/mol. The number of hydrogen-bond donors (Lipinski definition) is 1. The summed E-state index contributed by atoms with van der Waals surface area (Å²) >= 11 is 0. The van der Waals surface area contributed by atoms with Crippen molar-refractivity contribution in [3.05, 3.63) is 77.6 Å². The molecule has 1 aromatic heterocycles. The largest absolute Gasteiger partial charge is 0.493 e. The van der Waals surface area contributed by atoms with Crippen molar-refractivity contribution in [2.24, 2.45) is 0 Å². The number of pyridine rings is 1. The van der Waals surface area contributed by atoms with Crippen molar-refractivity contribution >= 4 is 6.09 Å². The van der Waals surface area contributed by atoms with E-state index >= 15 is 0 Å². The van der Waals surface area contributed by atoms with Crippen LogP contribution in [0.2, 0.25) is 0 Å². The predicted molar refractivity (Wildman–Crippen MR) is 114 cm³/mol. The first-order valence-corrected chi connectivity index (χ1v) is 9.84. The molecule has 0 fully saturated rings. The van der Waals surface area contributed by atoms with E-state index in [9.17, 15) is 9.90 Å². The highest BCUT2D eigenvalue weighted by atomic mass is 16.5. The molecule has 0 radical (unpaired) electrons. The first-order valence-electron chi connectivity index (χ1n) is 9.84. The van der Waals surface area contributed by atoms with Crippen molar-refractivity contribution in [2.75, 3.05) is 20.8 Å². The van der Waals surface area contributed by atoms with Crippen molar-refractivity contribution in [2.45, 2.75) is 18.9 Å². The molecule has 1 amide bonds. The fourth-order valence-corrected chi connectivity index (χ4v) is 4.08. The number of carbonyl (C=O) groups is 1. The molecule has 2 heterocycles. The lowest BCUT2D eigenvalue weighted by molar-refractivity contribution is 0.119. The number of hydrogen-bond acceptors (Lipinski definition) is 4. The van der Waals surface area contributed by atoms with Gasteiger partial charge in [-0.05, 0) is 64.9 Å². The van der Waals surface area contributed by atoms with E-state index < -0.39 is 6.09 Å². The molecule has 0 bridgehead atoms. The minimum Gasteiger partial charge on any atom is -0.493 e. The lowest BCUT2D eigenvalue weighted by Gasteiger charge is -2.36. The van der Waals surface area contributed by atoms with Crippen molar-refractivity contribution < 1.29 is 19.4 Å².